The van der Waals surface area contributed by atoms with Crippen LogP contribution in [0.3, 0.4) is 0 Å². The Morgan fingerprint density at radius 2 is 0.966 bits per heavy atom. The van der Waals surface area contributed by atoms with Crippen molar-refractivity contribution in [2.24, 2.45) is 0 Å². The van der Waals surface area contributed by atoms with E-state index in [-0.39, 0.29) is 51.0 Å². The van der Waals surface area contributed by atoms with E-state index < -0.39 is 0 Å². The van der Waals surface area contributed by atoms with Crippen molar-refractivity contribution in [1.82, 2.24) is 0 Å². The Bertz CT molecular complexity index is 939. The summed E-state index contributed by atoms with van der Waals surface area (Å²) in [6.45, 7) is 0. The molecule has 0 saturated carbocycles. The van der Waals surface area contributed by atoms with Gasteiger partial charge in [-0.15, -0.1) is 21.7 Å². The Labute approximate surface area is 207 Å². The molecule has 0 spiro atoms. The molecule has 0 atom stereocenters. The second-order valence-corrected chi connectivity index (χ2v) is 8.58. The van der Waals surface area contributed by atoms with Crippen molar-refractivity contribution >= 4 is 16.4 Å². The minimum Gasteiger partial charge on any atom is -1.00 e. The molecular formula is C24H16Cl2P2Zr. The summed E-state index contributed by atoms with van der Waals surface area (Å²) in [6.07, 6.45) is 2.23. The van der Waals surface area contributed by atoms with E-state index in [1.165, 1.54) is 60.4 Å². The Kier molecular flexibility index (Phi) is 9.28. The van der Waals surface area contributed by atoms with Crippen LogP contribution in [0.1, 0.15) is 21.7 Å². The van der Waals surface area contributed by atoms with Crippen molar-refractivity contribution in [1.29, 1.82) is 0 Å². The van der Waals surface area contributed by atoms with E-state index in [9.17, 15) is 0 Å². The number of fused-ring (bicyclic) bond motifs is 6. The van der Waals surface area contributed by atoms with Gasteiger partial charge in [-0.2, -0.15) is 35.9 Å². The number of hydrogen-bond donors (Lipinski definition) is 0. The summed E-state index contributed by atoms with van der Waals surface area (Å²) < 4.78 is 0. The van der Waals surface area contributed by atoms with Gasteiger partial charge in [-0.05, 0) is 35.1 Å². The first-order chi connectivity index (χ1) is 12.9. The zero-order valence-electron chi connectivity index (χ0n) is 15.5. The van der Waals surface area contributed by atoms with Crippen molar-refractivity contribution < 1.29 is 51.0 Å². The molecule has 4 aromatic rings. The van der Waals surface area contributed by atoms with Crippen LogP contribution >= 0.6 is 16.4 Å². The average Bonchev–Trinajstić information content (AvgIpc) is 3.27. The van der Waals surface area contributed by atoms with E-state index in [0.29, 0.717) is 0 Å². The molecule has 0 bridgehead atoms. The zero-order chi connectivity index (χ0) is 17.3. The molecule has 0 nitrogen and oxygen atoms in total. The van der Waals surface area contributed by atoms with Crippen LogP contribution in [-0.4, -0.2) is 0 Å². The third-order valence-electron chi connectivity index (χ3n) is 5.00. The second kappa shape index (κ2) is 11.0. The first-order valence-corrected chi connectivity index (χ1v) is 10.6. The van der Waals surface area contributed by atoms with Gasteiger partial charge in [0, 0.05) is 0 Å². The first-order valence-electron chi connectivity index (χ1n) is 8.78. The van der Waals surface area contributed by atoms with Gasteiger partial charge in [0.2, 0.25) is 0 Å². The quantitative estimate of drug-likeness (QED) is 0.261. The predicted octanol–water partition coefficient (Wildman–Crippen LogP) is 1.28. The smallest absolute Gasteiger partial charge is 1.00 e. The van der Waals surface area contributed by atoms with E-state index in [1.54, 1.807) is 0 Å². The monoisotopic (exact) mass is 526 g/mol. The second-order valence-electron chi connectivity index (χ2n) is 6.54. The van der Waals surface area contributed by atoms with Gasteiger partial charge in [-0.1, -0.05) is 48.5 Å². The van der Waals surface area contributed by atoms with Crippen LogP contribution in [-0.2, 0) is 39.0 Å². The van der Waals surface area contributed by atoms with Crippen LogP contribution < -0.4 is 24.8 Å². The molecule has 0 fully saturated rings. The first kappa shape index (κ1) is 24.5. The molecular weight excluding hydrogens is 512 g/mol. The van der Waals surface area contributed by atoms with E-state index in [0.717, 1.165) is 12.8 Å². The number of benzene rings is 2. The number of halogens is 2. The fraction of sp³-hybridized carbons (Fsp3) is 0.0833. The Balaban J connectivity index is 0.000000187. The summed E-state index contributed by atoms with van der Waals surface area (Å²) in [7, 11) is 2.51. The summed E-state index contributed by atoms with van der Waals surface area (Å²) >= 11 is 0. The molecule has 0 unspecified atom stereocenters. The van der Waals surface area contributed by atoms with E-state index in [1.807, 2.05) is 12.1 Å². The molecule has 29 heavy (non-hydrogen) atoms. The van der Waals surface area contributed by atoms with Crippen LogP contribution in [0.4, 0.5) is 0 Å². The fourth-order valence-corrected chi connectivity index (χ4v) is 5.52. The molecule has 2 heterocycles. The summed E-state index contributed by atoms with van der Waals surface area (Å²) in [6, 6.07) is 25.7. The largest absolute Gasteiger partial charge is 4.00 e. The maximum atomic E-state index is 3.22. The van der Waals surface area contributed by atoms with Crippen LogP contribution in [0.2, 0.25) is 0 Å². The topological polar surface area (TPSA) is 0 Å². The predicted molar refractivity (Wildman–Crippen MR) is 112 cm³/mol. The molecule has 2 aromatic carbocycles. The average molecular weight is 528 g/mol. The van der Waals surface area contributed by atoms with Crippen molar-refractivity contribution in [3.05, 3.63) is 106 Å². The van der Waals surface area contributed by atoms with Crippen molar-refractivity contribution in [3.63, 3.8) is 0 Å². The van der Waals surface area contributed by atoms with E-state index >= 15 is 0 Å². The van der Waals surface area contributed by atoms with Gasteiger partial charge in [0.1, 0.15) is 0 Å². The van der Waals surface area contributed by atoms with Gasteiger partial charge < -0.3 is 24.8 Å². The number of hydrogen-bond acceptors (Lipinski definition) is 0. The summed E-state index contributed by atoms with van der Waals surface area (Å²) in [5, 5.41) is 3.01. The van der Waals surface area contributed by atoms with E-state index in [2.05, 4.69) is 72.3 Å². The van der Waals surface area contributed by atoms with Gasteiger partial charge in [0.05, 0.1) is 0 Å². The van der Waals surface area contributed by atoms with Crippen LogP contribution in [0.5, 0.6) is 0 Å². The molecule has 0 aliphatic heterocycles. The summed E-state index contributed by atoms with van der Waals surface area (Å²) in [4.78, 5) is 0. The molecule has 2 aliphatic rings. The van der Waals surface area contributed by atoms with Crippen LogP contribution in [0.15, 0.2) is 72.8 Å². The molecule has 0 radical (unpaired) electrons. The molecule has 2 aliphatic carbocycles. The van der Waals surface area contributed by atoms with Gasteiger partial charge in [0.15, 0.2) is 0 Å². The normalized spacial score (nSPS) is 11.6. The fourth-order valence-electron chi connectivity index (χ4n) is 3.78. The molecule has 0 N–H and O–H groups in total. The summed E-state index contributed by atoms with van der Waals surface area (Å²) in [5.41, 5.74) is 8.62. The Morgan fingerprint density at radius 3 is 1.41 bits per heavy atom. The van der Waals surface area contributed by atoms with Crippen molar-refractivity contribution in [3.8, 4) is 22.3 Å². The third-order valence-corrected chi connectivity index (χ3v) is 6.89. The van der Waals surface area contributed by atoms with Crippen LogP contribution in [0, 0.1) is 11.6 Å². The zero-order valence-corrected chi connectivity index (χ0v) is 21.3. The van der Waals surface area contributed by atoms with E-state index in [4.69, 9.17) is 0 Å². The van der Waals surface area contributed by atoms with Crippen molar-refractivity contribution in [2.45, 2.75) is 12.8 Å². The Morgan fingerprint density at radius 1 is 0.552 bits per heavy atom. The van der Waals surface area contributed by atoms with Gasteiger partial charge in [-0.25, -0.2) is 16.4 Å². The maximum Gasteiger partial charge on any atom is 4.00 e. The molecule has 6 rings (SSSR count). The molecule has 2 aromatic heterocycles. The van der Waals surface area contributed by atoms with Gasteiger partial charge >= 0.3 is 26.2 Å². The number of rotatable bonds is 0. The third kappa shape index (κ3) is 4.93. The minimum absolute atomic E-state index is 0. The molecule has 0 saturated heterocycles. The minimum atomic E-state index is 0. The molecule has 0 amide bonds. The maximum absolute atomic E-state index is 3.22. The molecule has 5 heteroatoms. The Hall–Kier alpha value is -0.797. The SMILES string of the molecule is [Cl-].[Cl-].[Zr+4].[c-]1ccc2c(p1)Cc1ccccc1-2.[c-]1ccc2c(p1)Cc1ccccc1-2. The molecule has 140 valence electrons. The standard InChI is InChI=1S/2C12H8P.2ClH.Zr/c2*1-2-5-10-9(4-1)8-12-11(10)6-3-7-13-12;;;/h2*1-6H,8H2;2*1H;/q2*-1;;;+4/p-2. The van der Waals surface area contributed by atoms with Crippen molar-refractivity contribution in [2.75, 3.05) is 0 Å². The van der Waals surface area contributed by atoms with Gasteiger partial charge in [-0.3, -0.25) is 0 Å². The van der Waals surface area contributed by atoms with Gasteiger partial charge in [0.25, 0.3) is 0 Å². The summed E-state index contributed by atoms with van der Waals surface area (Å²) in [5.74, 6) is 6.45. The van der Waals surface area contributed by atoms with Crippen LogP contribution in [0.25, 0.3) is 22.3 Å².